The molecule has 2 nitrogen and oxygen atoms in total. The molecule has 92 valence electrons. The Bertz CT molecular complexity index is 439. The van der Waals surface area contributed by atoms with Gasteiger partial charge in [-0.25, -0.2) is 0 Å². The molecule has 18 heavy (non-hydrogen) atoms. The zero-order chi connectivity index (χ0) is 12.6. The normalized spacial score (nSPS) is 10.0. The Hall–Kier alpha value is -1.57. The van der Waals surface area contributed by atoms with E-state index in [1.54, 1.807) is 0 Å². The Morgan fingerprint density at radius 3 is 2.22 bits per heavy atom. The second-order valence-corrected chi connectivity index (χ2v) is 6.06. The van der Waals surface area contributed by atoms with Gasteiger partial charge in [0.25, 0.3) is 0 Å². The number of benzene rings is 2. The monoisotopic (exact) mass is 305 g/mol. The number of carbonyl (C=O) groups excluding carboxylic acids is 1. The number of amides is 1. The van der Waals surface area contributed by atoms with Crippen LogP contribution in [0.15, 0.2) is 60.7 Å². The van der Waals surface area contributed by atoms with Gasteiger partial charge in [0.15, 0.2) is 0 Å². The average molecular weight is 304 g/mol. The van der Waals surface area contributed by atoms with Gasteiger partial charge in [-0.3, -0.25) is 0 Å². The van der Waals surface area contributed by atoms with Crippen molar-refractivity contribution in [2.75, 3.05) is 0 Å². The number of carbonyl (C=O) groups is 1. The summed E-state index contributed by atoms with van der Waals surface area (Å²) in [5, 5.41) is 3.55. The SMILES string of the molecule is O=C(C[Se]c1ccccc1)NCc1ccccc1. The van der Waals surface area contributed by atoms with E-state index in [4.69, 9.17) is 0 Å². The summed E-state index contributed by atoms with van der Waals surface area (Å²) >= 11 is 0.224. The second kappa shape index (κ2) is 7.00. The minimum absolute atomic E-state index is 0.128. The maximum absolute atomic E-state index is 11.7. The van der Waals surface area contributed by atoms with E-state index in [1.807, 2.05) is 48.5 Å². The molecule has 0 saturated heterocycles. The van der Waals surface area contributed by atoms with Crippen LogP contribution in [0.1, 0.15) is 5.56 Å². The summed E-state index contributed by atoms with van der Waals surface area (Å²) < 4.78 is 1.26. The van der Waals surface area contributed by atoms with Gasteiger partial charge in [-0.05, 0) is 0 Å². The third-order valence-corrected chi connectivity index (χ3v) is 4.57. The second-order valence-electron chi connectivity index (χ2n) is 3.86. The molecule has 1 amide bonds. The first-order valence-electron chi connectivity index (χ1n) is 5.83. The third kappa shape index (κ3) is 4.36. The zero-order valence-corrected chi connectivity index (χ0v) is 11.7. The predicted molar refractivity (Wildman–Crippen MR) is 74.9 cm³/mol. The van der Waals surface area contributed by atoms with Crippen LogP contribution in [0.2, 0.25) is 5.32 Å². The van der Waals surface area contributed by atoms with Gasteiger partial charge >= 0.3 is 114 Å². The first kappa shape index (κ1) is 12.9. The molecule has 0 aliphatic heterocycles. The Balaban J connectivity index is 1.73. The van der Waals surface area contributed by atoms with Crippen molar-refractivity contribution in [2.45, 2.75) is 11.9 Å². The van der Waals surface area contributed by atoms with Crippen LogP contribution in [0, 0.1) is 0 Å². The fourth-order valence-electron chi connectivity index (χ4n) is 1.51. The average Bonchev–Trinajstić information content (AvgIpc) is 2.45. The van der Waals surface area contributed by atoms with Crippen molar-refractivity contribution in [3.8, 4) is 0 Å². The molecule has 2 aromatic carbocycles. The van der Waals surface area contributed by atoms with Crippen LogP contribution in [-0.2, 0) is 11.3 Å². The van der Waals surface area contributed by atoms with E-state index in [1.165, 1.54) is 4.46 Å². The molecule has 1 N–H and O–H groups in total. The van der Waals surface area contributed by atoms with Gasteiger partial charge in [-0.1, -0.05) is 0 Å². The molecule has 0 aromatic heterocycles. The number of hydrogen-bond donors (Lipinski definition) is 1. The third-order valence-electron chi connectivity index (χ3n) is 2.45. The summed E-state index contributed by atoms with van der Waals surface area (Å²) in [5.74, 6) is 0.128. The van der Waals surface area contributed by atoms with Gasteiger partial charge in [0.1, 0.15) is 0 Å². The number of nitrogens with one attached hydrogen (secondary N) is 1. The predicted octanol–water partition coefficient (Wildman–Crippen LogP) is 1.75. The van der Waals surface area contributed by atoms with Crippen LogP contribution in [0.25, 0.3) is 0 Å². The quantitative estimate of drug-likeness (QED) is 0.838. The summed E-state index contributed by atoms with van der Waals surface area (Å²) in [7, 11) is 0. The van der Waals surface area contributed by atoms with E-state index >= 15 is 0 Å². The van der Waals surface area contributed by atoms with E-state index < -0.39 is 0 Å². The molecule has 2 aromatic rings. The fourth-order valence-corrected chi connectivity index (χ4v) is 3.09. The Kier molecular flexibility index (Phi) is 5.00. The van der Waals surface area contributed by atoms with Gasteiger partial charge in [-0.15, -0.1) is 0 Å². The van der Waals surface area contributed by atoms with E-state index in [0.717, 1.165) is 5.56 Å². The van der Waals surface area contributed by atoms with Crippen molar-refractivity contribution in [3.63, 3.8) is 0 Å². The van der Waals surface area contributed by atoms with Crippen LogP contribution in [-0.4, -0.2) is 20.9 Å². The summed E-state index contributed by atoms with van der Waals surface area (Å²) in [5.41, 5.74) is 1.14. The van der Waals surface area contributed by atoms with Crippen LogP contribution in [0.3, 0.4) is 0 Å². The van der Waals surface area contributed by atoms with Crippen molar-refractivity contribution in [2.24, 2.45) is 0 Å². The van der Waals surface area contributed by atoms with E-state index in [9.17, 15) is 4.79 Å². The molecule has 0 spiro atoms. The maximum atomic E-state index is 11.7. The fraction of sp³-hybridized carbons (Fsp3) is 0.133. The van der Waals surface area contributed by atoms with Crippen LogP contribution >= 0.6 is 0 Å². The van der Waals surface area contributed by atoms with Gasteiger partial charge in [0.2, 0.25) is 0 Å². The molecule has 0 aliphatic carbocycles. The summed E-state index contributed by atoms with van der Waals surface area (Å²) in [4.78, 5) is 11.7. The minimum atomic E-state index is 0.128. The van der Waals surface area contributed by atoms with E-state index in [2.05, 4.69) is 17.4 Å². The molecule has 2 rings (SSSR count). The molecular formula is C15H15NOSe. The molecule has 0 atom stereocenters. The molecule has 0 heterocycles. The van der Waals surface area contributed by atoms with Crippen LogP contribution < -0.4 is 9.78 Å². The molecule has 0 fully saturated rings. The van der Waals surface area contributed by atoms with E-state index in [0.29, 0.717) is 11.9 Å². The van der Waals surface area contributed by atoms with Crippen molar-refractivity contribution < 1.29 is 4.79 Å². The molecule has 0 unspecified atom stereocenters. The van der Waals surface area contributed by atoms with Crippen molar-refractivity contribution in [1.82, 2.24) is 5.32 Å². The molecule has 3 heteroatoms. The Labute approximate surface area is 114 Å². The van der Waals surface area contributed by atoms with Crippen LogP contribution in [0.5, 0.6) is 0 Å². The van der Waals surface area contributed by atoms with Crippen molar-refractivity contribution in [1.29, 1.82) is 0 Å². The first-order chi connectivity index (χ1) is 8.84. The van der Waals surface area contributed by atoms with Crippen molar-refractivity contribution >= 4 is 25.3 Å². The summed E-state index contributed by atoms with van der Waals surface area (Å²) in [6.45, 7) is 0.616. The molecule has 0 radical (unpaired) electrons. The molecular weight excluding hydrogens is 289 g/mol. The topological polar surface area (TPSA) is 29.1 Å². The zero-order valence-electron chi connectivity index (χ0n) is 10.0. The molecule has 0 saturated carbocycles. The Morgan fingerprint density at radius 1 is 0.944 bits per heavy atom. The van der Waals surface area contributed by atoms with E-state index in [-0.39, 0.29) is 20.9 Å². The number of rotatable bonds is 5. The summed E-state index contributed by atoms with van der Waals surface area (Å²) in [6.07, 6.45) is 0. The number of hydrogen-bond acceptors (Lipinski definition) is 1. The van der Waals surface area contributed by atoms with Crippen LogP contribution in [0.4, 0.5) is 0 Å². The Morgan fingerprint density at radius 2 is 1.56 bits per heavy atom. The van der Waals surface area contributed by atoms with Gasteiger partial charge in [0, 0.05) is 0 Å². The molecule has 0 bridgehead atoms. The first-order valence-corrected chi connectivity index (χ1v) is 7.90. The van der Waals surface area contributed by atoms with Gasteiger partial charge < -0.3 is 0 Å². The molecule has 0 aliphatic rings. The van der Waals surface area contributed by atoms with Crippen molar-refractivity contribution in [3.05, 3.63) is 66.2 Å². The standard InChI is InChI=1S/C15H15NOSe/c17-15(12-18-14-9-5-2-6-10-14)16-11-13-7-3-1-4-8-13/h1-10H,11-12H2,(H,16,17). The van der Waals surface area contributed by atoms with Gasteiger partial charge in [0.05, 0.1) is 0 Å². The van der Waals surface area contributed by atoms with Gasteiger partial charge in [-0.2, -0.15) is 0 Å². The summed E-state index contributed by atoms with van der Waals surface area (Å²) in [6, 6.07) is 20.1.